The zero-order chi connectivity index (χ0) is 22.2. The highest BCUT2D eigenvalue weighted by Gasteiger charge is 2.22. The van der Waals surface area contributed by atoms with E-state index in [-0.39, 0.29) is 17.9 Å². The molecule has 1 N–H and O–H groups in total. The van der Waals surface area contributed by atoms with Crippen LogP contribution in [0.3, 0.4) is 0 Å². The SMILES string of the molecule is CCN(CC)C(CNC(=O)c1ccccc1N(C)C(=O)c1cccs1)c1ccccc1. The largest absolute Gasteiger partial charge is 0.350 e. The van der Waals surface area contributed by atoms with Crippen LogP contribution in [0.15, 0.2) is 72.1 Å². The van der Waals surface area contributed by atoms with Gasteiger partial charge in [-0.2, -0.15) is 0 Å². The number of carbonyl (C=O) groups excluding carboxylic acids is 2. The van der Waals surface area contributed by atoms with E-state index in [1.807, 2.05) is 41.8 Å². The van der Waals surface area contributed by atoms with Crippen LogP contribution in [0.1, 0.15) is 45.5 Å². The van der Waals surface area contributed by atoms with Crippen molar-refractivity contribution in [2.45, 2.75) is 19.9 Å². The van der Waals surface area contributed by atoms with Gasteiger partial charge >= 0.3 is 0 Å². The van der Waals surface area contributed by atoms with E-state index in [1.165, 1.54) is 16.9 Å². The van der Waals surface area contributed by atoms with Crippen LogP contribution in [0.25, 0.3) is 0 Å². The first kappa shape index (κ1) is 22.7. The minimum Gasteiger partial charge on any atom is -0.350 e. The molecule has 3 rings (SSSR count). The lowest BCUT2D eigenvalue weighted by Gasteiger charge is -2.30. The summed E-state index contributed by atoms with van der Waals surface area (Å²) in [6.45, 7) is 6.52. The van der Waals surface area contributed by atoms with Crippen LogP contribution in [0.2, 0.25) is 0 Å². The fourth-order valence-corrected chi connectivity index (χ4v) is 4.41. The molecule has 0 bridgehead atoms. The van der Waals surface area contributed by atoms with Gasteiger partial charge in [-0.25, -0.2) is 0 Å². The van der Waals surface area contributed by atoms with Gasteiger partial charge in [-0.1, -0.05) is 62.4 Å². The lowest BCUT2D eigenvalue weighted by atomic mass is 10.0. The van der Waals surface area contributed by atoms with E-state index in [9.17, 15) is 9.59 Å². The number of thiophene rings is 1. The van der Waals surface area contributed by atoms with Crippen LogP contribution >= 0.6 is 11.3 Å². The normalized spacial score (nSPS) is 11.9. The van der Waals surface area contributed by atoms with Crippen molar-refractivity contribution in [3.05, 3.63) is 88.1 Å². The maximum atomic E-state index is 13.1. The summed E-state index contributed by atoms with van der Waals surface area (Å²) in [6.07, 6.45) is 0. The Morgan fingerprint density at radius 2 is 1.61 bits per heavy atom. The van der Waals surface area contributed by atoms with Crippen molar-refractivity contribution < 1.29 is 9.59 Å². The summed E-state index contributed by atoms with van der Waals surface area (Å²) < 4.78 is 0. The first-order chi connectivity index (χ1) is 15.1. The smallest absolute Gasteiger partial charge is 0.268 e. The molecule has 0 fully saturated rings. The molecule has 162 valence electrons. The summed E-state index contributed by atoms with van der Waals surface area (Å²) in [7, 11) is 1.71. The third-order valence-corrected chi connectivity index (χ3v) is 6.30. The number of hydrogen-bond acceptors (Lipinski definition) is 4. The van der Waals surface area contributed by atoms with E-state index >= 15 is 0 Å². The molecule has 0 radical (unpaired) electrons. The van der Waals surface area contributed by atoms with E-state index in [0.717, 1.165) is 13.1 Å². The van der Waals surface area contributed by atoms with Crippen LogP contribution < -0.4 is 10.2 Å². The van der Waals surface area contributed by atoms with Gasteiger partial charge in [0.1, 0.15) is 0 Å². The number of likely N-dealkylation sites (N-methyl/N-ethyl adjacent to an activating group) is 1. The molecular formula is C25H29N3O2S. The van der Waals surface area contributed by atoms with Crippen LogP contribution in [0.5, 0.6) is 0 Å². The first-order valence-corrected chi connectivity index (χ1v) is 11.4. The Hall–Kier alpha value is -2.96. The second-order valence-corrected chi connectivity index (χ2v) is 8.16. The minimum atomic E-state index is -0.186. The van der Waals surface area contributed by atoms with Crippen molar-refractivity contribution in [1.29, 1.82) is 0 Å². The number of anilines is 1. The van der Waals surface area contributed by atoms with Gasteiger partial charge in [-0.05, 0) is 42.2 Å². The fourth-order valence-electron chi connectivity index (χ4n) is 3.72. The van der Waals surface area contributed by atoms with Gasteiger partial charge < -0.3 is 10.2 Å². The Labute approximate surface area is 188 Å². The van der Waals surface area contributed by atoms with Gasteiger partial charge in [0.25, 0.3) is 11.8 Å². The number of nitrogens with one attached hydrogen (secondary N) is 1. The molecule has 6 heteroatoms. The molecular weight excluding hydrogens is 406 g/mol. The highest BCUT2D eigenvalue weighted by atomic mass is 32.1. The van der Waals surface area contributed by atoms with Gasteiger partial charge in [0.2, 0.25) is 0 Å². The molecule has 0 saturated heterocycles. The molecule has 1 aromatic heterocycles. The lowest BCUT2D eigenvalue weighted by Crippen LogP contribution is -2.38. The van der Waals surface area contributed by atoms with E-state index in [1.54, 1.807) is 30.1 Å². The van der Waals surface area contributed by atoms with E-state index in [0.29, 0.717) is 22.7 Å². The van der Waals surface area contributed by atoms with E-state index in [2.05, 4.69) is 36.2 Å². The Kier molecular flexibility index (Phi) is 7.98. The van der Waals surface area contributed by atoms with Crippen molar-refractivity contribution in [2.24, 2.45) is 0 Å². The number of carbonyl (C=O) groups is 2. The molecule has 5 nitrogen and oxygen atoms in total. The number of amides is 2. The fraction of sp³-hybridized carbons (Fsp3) is 0.280. The third kappa shape index (κ3) is 5.40. The second-order valence-electron chi connectivity index (χ2n) is 7.22. The van der Waals surface area contributed by atoms with Gasteiger partial charge in [-0.3, -0.25) is 14.5 Å². The summed E-state index contributed by atoms with van der Waals surface area (Å²) in [5.74, 6) is -0.310. The molecule has 0 aliphatic rings. The molecule has 31 heavy (non-hydrogen) atoms. The van der Waals surface area contributed by atoms with Crippen molar-refractivity contribution in [2.75, 3.05) is 31.6 Å². The number of nitrogens with zero attached hydrogens (tertiary/aromatic N) is 2. The topological polar surface area (TPSA) is 52.7 Å². The standard InChI is InChI=1S/C25H29N3O2S/c1-4-28(5-2)22(19-12-7-6-8-13-19)18-26-24(29)20-14-9-10-15-21(20)27(3)25(30)23-16-11-17-31-23/h6-17,22H,4-5,18H2,1-3H3,(H,26,29). The Morgan fingerprint density at radius 1 is 0.935 bits per heavy atom. The monoisotopic (exact) mass is 435 g/mol. The molecule has 1 unspecified atom stereocenters. The molecule has 0 aliphatic heterocycles. The van der Waals surface area contributed by atoms with Crippen molar-refractivity contribution in [1.82, 2.24) is 10.2 Å². The minimum absolute atomic E-state index is 0.0813. The van der Waals surface area contributed by atoms with Gasteiger partial charge in [0.15, 0.2) is 0 Å². The Morgan fingerprint density at radius 3 is 2.26 bits per heavy atom. The van der Waals surface area contributed by atoms with Crippen molar-refractivity contribution >= 4 is 28.8 Å². The summed E-state index contributed by atoms with van der Waals surface area (Å²) in [5.41, 5.74) is 2.25. The molecule has 1 atom stereocenters. The summed E-state index contributed by atoms with van der Waals surface area (Å²) in [5, 5.41) is 4.97. The summed E-state index contributed by atoms with van der Waals surface area (Å²) in [6, 6.07) is 21.2. The highest BCUT2D eigenvalue weighted by molar-refractivity contribution is 7.12. The molecule has 3 aromatic rings. The average Bonchev–Trinajstić information content (AvgIpc) is 3.36. The van der Waals surface area contributed by atoms with Gasteiger partial charge in [-0.15, -0.1) is 11.3 Å². The van der Waals surface area contributed by atoms with E-state index < -0.39 is 0 Å². The zero-order valence-corrected chi connectivity index (χ0v) is 19.1. The van der Waals surface area contributed by atoms with Crippen molar-refractivity contribution in [3.63, 3.8) is 0 Å². The quantitative estimate of drug-likeness (QED) is 0.523. The van der Waals surface area contributed by atoms with E-state index in [4.69, 9.17) is 0 Å². The van der Waals surface area contributed by atoms with Crippen LogP contribution in [-0.2, 0) is 0 Å². The highest BCUT2D eigenvalue weighted by Crippen LogP contribution is 2.24. The van der Waals surface area contributed by atoms with Crippen LogP contribution in [0.4, 0.5) is 5.69 Å². The number of benzene rings is 2. The van der Waals surface area contributed by atoms with Gasteiger partial charge in [0.05, 0.1) is 22.2 Å². The van der Waals surface area contributed by atoms with Gasteiger partial charge in [0, 0.05) is 13.6 Å². The predicted octanol–water partition coefficient (Wildman–Crippen LogP) is 4.84. The predicted molar refractivity (Wildman–Crippen MR) is 128 cm³/mol. The zero-order valence-electron chi connectivity index (χ0n) is 18.2. The Balaban J connectivity index is 1.79. The molecule has 0 spiro atoms. The number of para-hydroxylation sites is 1. The first-order valence-electron chi connectivity index (χ1n) is 10.5. The number of hydrogen-bond donors (Lipinski definition) is 1. The lowest BCUT2D eigenvalue weighted by molar-refractivity contribution is 0.0935. The maximum Gasteiger partial charge on any atom is 0.268 e. The Bertz CT molecular complexity index is 985. The van der Waals surface area contributed by atoms with Crippen molar-refractivity contribution in [3.8, 4) is 0 Å². The maximum absolute atomic E-state index is 13.1. The van der Waals surface area contributed by atoms with Crippen LogP contribution in [-0.4, -0.2) is 43.4 Å². The number of rotatable bonds is 9. The molecule has 0 saturated carbocycles. The molecule has 1 heterocycles. The second kappa shape index (κ2) is 10.9. The molecule has 0 aliphatic carbocycles. The van der Waals surface area contributed by atoms with Crippen LogP contribution in [0, 0.1) is 0 Å². The molecule has 2 aromatic carbocycles. The summed E-state index contributed by atoms with van der Waals surface area (Å²) in [4.78, 5) is 30.5. The average molecular weight is 436 g/mol. The molecule has 2 amide bonds. The third-order valence-electron chi connectivity index (χ3n) is 5.44. The summed E-state index contributed by atoms with van der Waals surface area (Å²) >= 11 is 1.39.